The molecule has 4 heteroatoms. The third-order valence-corrected chi connectivity index (χ3v) is 4.02. The second-order valence-electron chi connectivity index (χ2n) is 6.12. The van der Waals surface area contributed by atoms with Crippen LogP contribution in [0.3, 0.4) is 0 Å². The van der Waals surface area contributed by atoms with Crippen molar-refractivity contribution in [2.24, 2.45) is 17.6 Å². The van der Waals surface area contributed by atoms with E-state index in [1.807, 2.05) is 4.90 Å². The van der Waals surface area contributed by atoms with E-state index in [0.717, 1.165) is 39.1 Å². The summed E-state index contributed by atoms with van der Waals surface area (Å²) >= 11 is 0. The van der Waals surface area contributed by atoms with Crippen molar-refractivity contribution in [3.8, 4) is 0 Å². The topological polar surface area (TPSA) is 49.6 Å². The molecular formula is C16H35N3O. The Morgan fingerprint density at radius 1 is 1.05 bits per heavy atom. The van der Waals surface area contributed by atoms with Gasteiger partial charge in [0.15, 0.2) is 0 Å². The Morgan fingerprint density at radius 2 is 1.60 bits per heavy atom. The molecule has 120 valence electrons. The van der Waals surface area contributed by atoms with Crippen LogP contribution in [0.5, 0.6) is 0 Å². The van der Waals surface area contributed by atoms with Gasteiger partial charge < -0.3 is 15.5 Å². The van der Waals surface area contributed by atoms with E-state index < -0.39 is 0 Å². The lowest BCUT2D eigenvalue weighted by atomic mass is 9.98. The second kappa shape index (κ2) is 10.2. The zero-order valence-corrected chi connectivity index (χ0v) is 14.4. The van der Waals surface area contributed by atoms with Gasteiger partial charge in [-0.05, 0) is 24.9 Å². The minimum atomic E-state index is -0.365. The van der Waals surface area contributed by atoms with E-state index in [4.69, 9.17) is 5.73 Å². The molecule has 1 unspecified atom stereocenters. The molecule has 1 amide bonds. The van der Waals surface area contributed by atoms with Crippen LogP contribution >= 0.6 is 0 Å². The first kappa shape index (κ1) is 19.4. The Balaban J connectivity index is 4.65. The number of rotatable bonds is 10. The van der Waals surface area contributed by atoms with Gasteiger partial charge in [0.2, 0.25) is 5.91 Å². The highest BCUT2D eigenvalue weighted by Gasteiger charge is 2.25. The number of carbonyl (C=O) groups excluding carboxylic acids is 1. The molecule has 0 saturated carbocycles. The van der Waals surface area contributed by atoms with Crippen molar-refractivity contribution in [1.29, 1.82) is 0 Å². The van der Waals surface area contributed by atoms with E-state index in [-0.39, 0.29) is 17.9 Å². The summed E-state index contributed by atoms with van der Waals surface area (Å²) in [7, 11) is 0. The first-order chi connectivity index (χ1) is 9.37. The Hall–Kier alpha value is -0.610. The predicted octanol–water partition coefficient (Wildman–Crippen LogP) is 2.19. The Bertz CT molecular complexity index is 264. The summed E-state index contributed by atoms with van der Waals surface area (Å²) in [5, 5.41) is 0. The molecule has 0 radical (unpaired) electrons. The molecule has 0 saturated heterocycles. The molecular weight excluding hydrogens is 250 g/mol. The van der Waals surface area contributed by atoms with Crippen molar-refractivity contribution in [1.82, 2.24) is 9.80 Å². The van der Waals surface area contributed by atoms with E-state index in [1.54, 1.807) is 0 Å². The summed E-state index contributed by atoms with van der Waals surface area (Å²) in [4.78, 5) is 16.9. The maximum Gasteiger partial charge on any atom is 0.239 e. The number of nitrogens with two attached hydrogens (primary N) is 1. The molecule has 0 rings (SSSR count). The minimum absolute atomic E-state index is 0.111. The van der Waals surface area contributed by atoms with Crippen LogP contribution in [0, 0.1) is 11.8 Å². The van der Waals surface area contributed by atoms with Crippen LogP contribution in [-0.2, 0) is 4.79 Å². The maximum atomic E-state index is 12.6. The van der Waals surface area contributed by atoms with Gasteiger partial charge in [0.25, 0.3) is 0 Å². The lowest BCUT2D eigenvalue weighted by molar-refractivity contribution is -0.134. The third kappa shape index (κ3) is 6.71. The van der Waals surface area contributed by atoms with Gasteiger partial charge in [-0.25, -0.2) is 0 Å². The van der Waals surface area contributed by atoms with E-state index in [0.29, 0.717) is 5.92 Å². The molecule has 0 heterocycles. The van der Waals surface area contributed by atoms with Crippen molar-refractivity contribution < 1.29 is 4.79 Å². The maximum absolute atomic E-state index is 12.6. The smallest absolute Gasteiger partial charge is 0.239 e. The Kier molecular flexibility index (Phi) is 9.86. The summed E-state index contributed by atoms with van der Waals surface area (Å²) < 4.78 is 0. The number of likely N-dealkylation sites (N-methyl/N-ethyl adjacent to an activating group) is 1. The molecule has 0 spiro atoms. The monoisotopic (exact) mass is 285 g/mol. The number of carbonyl (C=O) groups is 1. The van der Waals surface area contributed by atoms with Gasteiger partial charge >= 0.3 is 0 Å². The highest BCUT2D eigenvalue weighted by atomic mass is 16.2. The Labute approximate surface area is 125 Å². The standard InChI is InChI=1S/C16H35N3O/c1-7-14(6)15(17)16(20)19(12-13(4)5)11-10-18(8-2)9-3/h13-15H,7-12,17H2,1-6H3/t14?,15-/m0/s1. The lowest BCUT2D eigenvalue weighted by Gasteiger charge is -2.31. The molecule has 0 aliphatic heterocycles. The van der Waals surface area contributed by atoms with Crippen LogP contribution in [-0.4, -0.2) is 54.5 Å². The summed E-state index contributed by atoms with van der Waals surface area (Å²) in [6, 6.07) is -0.365. The van der Waals surface area contributed by atoms with Crippen LogP contribution in [0.1, 0.15) is 48.0 Å². The summed E-state index contributed by atoms with van der Waals surface area (Å²) in [5.74, 6) is 0.825. The van der Waals surface area contributed by atoms with Gasteiger partial charge in [0.1, 0.15) is 0 Å². The fourth-order valence-electron chi connectivity index (χ4n) is 2.24. The van der Waals surface area contributed by atoms with E-state index in [1.165, 1.54) is 0 Å². The van der Waals surface area contributed by atoms with Gasteiger partial charge in [-0.15, -0.1) is 0 Å². The van der Waals surface area contributed by atoms with Gasteiger partial charge in [-0.3, -0.25) is 4.79 Å². The summed E-state index contributed by atoms with van der Waals surface area (Å²) in [6.07, 6.45) is 0.943. The zero-order valence-electron chi connectivity index (χ0n) is 14.4. The van der Waals surface area contributed by atoms with E-state index in [9.17, 15) is 4.79 Å². The van der Waals surface area contributed by atoms with Crippen LogP contribution in [0.4, 0.5) is 0 Å². The number of hydrogen-bond acceptors (Lipinski definition) is 3. The summed E-state index contributed by atoms with van der Waals surface area (Å²) in [5.41, 5.74) is 6.11. The van der Waals surface area contributed by atoms with Gasteiger partial charge in [0.05, 0.1) is 6.04 Å². The molecule has 0 aliphatic carbocycles. The average molecular weight is 285 g/mol. The van der Waals surface area contributed by atoms with Gasteiger partial charge in [-0.1, -0.05) is 48.0 Å². The first-order valence-electron chi connectivity index (χ1n) is 8.13. The highest BCUT2D eigenvalue weighted by Crippen LogP contribution is 2.10. The molecule has 0 aromatic heterocycles. The van der Waals surface area contributed by atoms with E-state index in [2.05, 4.69) is 46.4 Å². The molecule has 2 atom stereocenters. The van der Waals surface area contributed by atoms with Crippen LogP contribution in [0.15, 0.2) is 0 Å². The average Bonchev–Trinajstić information content (AvgIpc) is 2.44. The number of hydrogen-bond donors (Lipinski definition) is 1. The molecule has 2 N–H and O–H groups in total. The minimum Gasteiger partial charge on any atom is -0.340 e. The fraction of sp³-hybridized carbons (Fsp3) is 0.938. The van der Waals surface area contributed by atoms with Crippen molar-refractivity contribution in [2.75, 3.05) is 32.7 Å². The number of nitrogens with zero attached hydrogens (tertiary/aromatic N) is 2. The third-order valence-electron chi connectivity index (χ3n) is 4.02. The largest absolute Gasteiger partial charge is 0.340 e. The zero-order chi connectivity index (χ0) is 15.7. The van der Waals surface area contributed by atoms with Gasteiger partial charge in [0, 0.05) is 19.6 Å². The van der Waals surface area contributed by atoms with Crippen molar-refractivity contribution in [2.45, 2.75) is 54.0 Å². The normalized spacial score (nSPS) is 14.7. The highest BCUT2D eigenvalue weighted by molar-refractivity contribution is 5.82. The summed E-state index contributed by atoms with van der Waals surface area (Å²) in [6.45, 7) is 17.3. The van der Waals surface area contributed by atoms with Crippen molar-refractivity contribution in [3.63, 3.8) is 0 Å². The molecule has 20 heavy (non-hydrogen) atoms. The first-order valence-corrected chi connectivity index (χ1v) is 8.13. The predicted molar refractivity (Wildman–Crippen MR) is 86.6 cm³/mol. The molecule has 0 bridgehead atoms. The molecule has 0 fully saturated rings. The molecule has 4 nitrogen and oxygen atoms in total. The van der Waals surface area contributed by atoms with Crippen LogP contribution < -0.4 is 5.73 Å². The Morgan fingerprint density at radius 3 is 2.00 bits per heavy atom. The van der Waals surface area contributed by atoms with Crippen LogP contribution in [0.2, 0.25) is 0 Å². The SMILES string of the molecule is CCC(C)[C@H](N)C(=O)N(CCN(CC)CC)CC(C)C. The van der Waals surface area contributed by atoms with Gasteiger partial charge in [-0.2, -0.15) is 0 Å². The lowest BCUT2D eigenvalue weighted by Crippen LogP contribution is -2.50. The fourth-order valence-corrected chi connectivity index (χ4v) is 2.24. The van der Waals surface area contributed by atoms with E-state index >= 15 is 0 Å². The van der Waals surface area contributed by atoms with Crippen molar-refractivity contribution >= 4 is 5.91 Å². The quantitative estimate of drug-likeness (QED) is 0.669. The second-order valence-corrected chi connectivity index (χ2v) is 6.12. The van der Waals surface area contributed by atoms with Crippen molar-refractivity contribution in [3.05, 3.63) is 0 Å². The molecule has 0 aromatic carbocycles. The molecule has 0 aliphatic rings. The number of amides is 1. The molecule has 0 aromatic rings. The van der Waals surface area contributed by atoms with Crippen LogP contribution in [0.25, 0.3) is 0 Å².